The molecule has 0 fully saturated rings. The number of hydrogen-bond acceptors (Lipinski definition) is 3. The number of nitrogens with one attached hydrogen (secondary N) is 1. The van der Waals surface area contributed by atoms with Gasteiger partial charge in [-0.1, -0.05) is 6.92 Å². The zero-order valence-electron chi connectivity index (χ0n) is 10.1. The van der Waals surface area contributed by atoms with Crippen molar-refractivity contribution in [2.24, 2.45) is 11.7 Å². The molecule has 0 aliphatic heterocycles. The van der Waals surface area contributed by atoms with E-state index in [0.717, 1.165) is 0 Å². The number of likely N-dealkylation sites (N-methyl/N-ethyl adjacent to an activating group) is 1. The molecule has 7 heteroatoms. The molecule has 0 aromatic rings. The number of carboxylic acids is 1. The fraction of sp³-hybridized carbons (Fsp3) is 0.700. The van der Waals surface area contributed by atoms with Crippen molar-refractivity contribution in [3.8, 4) is 0 Å². The molecule has 7 nitrogen and oxygen atoms in total. The monoisotopic (exact) mass is 245 g/mol. The Hall–Kier alpha value is -1.79. The topological polar surface area (TPSA) is 113 Å². The molecular formula is C10H19N3O4. The highest BCUT2D eigenvalue weighted by molar-refractivity contribution is 5.82. The van der Waals surface area contributed by atoms with E-state index in [1.54, 1.807) is 6.92 Å². The highest BCUT2D eigenvalue weighted by Crippen LogP contribution is 2.04. The summed E-state index contributed by atoms with van der Waals surface area (Å²) >= 11 is 0. The van der Waals surface area contributed by atoms with Crippen molar-refractivity contribution in [1.29, 1.82) is 0 Å². The fourth-order valence-electron chi connectivity index (χ4n) is 1.17. The van der Waals surface area contributed by atoms with Gasteiger partial charge in [-0.3, -0.25) is 9.59 Å². The van der Waals surface area contributed by atoms with Gasteiger partial charge in [-0.15, -0.1) is 0 Å². The Labute approximate surface area is 100.0 Å². The van der Waals surface area contributed by atoms with Crippen LogP contribution in [0.3, 0.4) is 0 Å². The Balaban J connectivity index is 3.71. The van der Waals surface area contributed by atoms with E-state index in [4.69, 9.17) is 10.8 Å². The molecule has 0 aromatic carbocycles. The summed E-state index contributed by atoms with van der Waals surface area (Å²) in [6.45, 7) is 1.85. The number of nitrogens with two attached hydrogens (primary N) is 1. The van der Waals surface area contributed by atoms with E-state index < -0.39 is 23.8 Å². The van der Waals surface area contributed by atoms with Crippen molar-refractivity contribution in [2.45, 2.75) is 19.8 Å². The summed E-state index contributed by atoms with van der Waals surface area (Å²) < 4.78 is 0. The second-order valence-corrected chi connectivity index (χ2v) is 3.94. The smallest absolute Gasteiger partial charge is 0.317 e. The van der Waals surface area contributed by atoms with Crippen LogP contribution in [-0.2, 0) is 9.59 Å². The first-order valence-corrected chi connectivity index (χ1v) is 5.34. The highest BCUT2D eigenvalue weighted by Gasteiger charge is 2.12. The van der Waals surface area contributed by atoms with Crippen LogP contribution in [0.2, 0.25) is 0 Å². The quantitative estimate of drug-likeness (QED) is 0.530. The number of nitrogens with zero attached hydrogens (tertiary/aromatic N) is 1. The van der Waals surface area contributed by atoms with E-state index >= 15 is 0 Å². The minimum absolute atomic E-state index is 0.142. The van der Waals surface area contributed by atoms with Gasteiger partial charge in [-0.2, -0.15) is 0 Å². The predicted octanol–water partition coefficient (Wildman–Crippen LogP) is -0.386. The van der Waals surface area contributed by atoms with Gasteiger partial charge in [0.1, 0.15) is 6.54 Å². The van der Waals surface area contributed by atoms with Gasteiger partial charge in [-0.25, -0.2) is 4.79 Å². The molecule has 0 rings (SSSR count). The van der Waals surface area contributed by atoms with E-state index in [2.05, 4.69) is 5.32 Å². The summed E-state index contributed by atoms with van der Waals surface area (Å²) in [7, 11) is 1.46. The molecule has 0 radical (unpaired) electrons. The first kappa shape index (κ1) is 15.2. The van der Waals surface area contributed by atoms with Crippen molar-refractivity contribution in [3.63, 3.8) is 0 Å². The van der Waals surface area contributed by atoms with Crippen LogP contribution in [0.25, 0.3) is 0 Å². The largest absolute Gasteiger partial charge is 0.481 e. The van der Waals surface area contributed by atoms with Crippen LogP contribution in [0.1, 0.15) is 19.8 Å². The molecule has 0 spiro atoms. The molecule has 1 atom stereocenters. The van der Waals surface area contributed by atoms with Crippen molar-refractivity contribution in [3.05, 3.63) is 0 Å². The van der Waals surface area contributed by atoms with Gasteiger partial charge < -0.3 is 21.1 Å². The lowest BCUT2D eigenvalue weighted by atomic mass is 10.1. The standard InChI is InChI=1S/C10H19N3O4/c1-7(9(15)16)4-3-5-12-10(17)13(2)6-8(11)14/h7H,3-6H2,1-2H3,(H2,11,14)(H,12,17)(H,15,16). The summed E-state index contributed by atoms with van der Waals surface area (Å²) in [5.41, 5.74) is 4.93. The third-order valence-corrected chi connectivity index (χ3v) is 2.25. The number of hydrogen-bond donors (Lipinski definition) is 3. The third kappa shape index (κ3) is 7.15. The third-order valence-electron chi connectivity index (χ3n) is 2.25. The fourth-order valence-corrected chi connectivity index (χ4v) is 1.17. The molecule has 0 heterocycles. The van der Waals surface area contributed by atoms with Crippen LogP contribution in [0.4, 0.5) is 4.79 Å². The first-order chi connectivity index (χ1) is 7.84. The summed E-state index contributed by atoms with van der Waals surface area (Å²) in [5.74, 6) is -1.85. The van der Waals surface area contributed by atoms with Gasteiger partial charge >= 0.3 is 12.0 Å². The second-order valence-electron chi connectivity index (χ2n) is 3.94. The Morgan fingerprint density at radius 2 is 2.00 bits per heavy atom. The van der Waals surface area contributed by atoms with Crippen LogP contribution in [0.15, 0.2) is 0 Å². The number of aliphatic carboxylic acids is 1. The molecule has 0 aliphatic carbocycles. The van der Waals surface area contributed by atoms with Crippen molar-refractivity contribution in [2.75, 3.05) is 20.1 Å². The van der Waals surface area contributed by atoms with E-state index in [0.29, 0.717) is 19.4 Å². The number of urea groups is 1. The Morgan fingerprint density at radius 1 is 1.41 bits per heavy atom. The minimum atomic E-state index is -0.845. The number of carbonyl (C=O) groups excluding carboxylic acids is 2. The molecule has 1 unspecified atom stereocenters. The zero-order chi connectivity index (χ0) is 13.4. The number of rotatable bonds is 7. The van der Waals surface area contributed by atoms with Gasteiger partial charge in [0.2, 0.25) is 5.91 Å². The molecule has 3 amide bonds. The zero-order valence-corrected chi connectivity index (χ0v) is 10.1. The van der Waals surface area contributed by atoms with Crippen LogP contribution >= 0.6 is 0 Å². The lowest BCUT2D eigenvalue weighted by Gasteiger charge is -2.16. The van der Waals surface area contributed by atoms with E-state index in [1.807, 2.05) is 0 Å². The lowest BCUT2D eigenvalue weighted by Crippen LogP contribution is -2.42. The number of amides is 3. The molecule has 17 heavy (non-hydrogen) atoms. The van der Waals surface area contributed by atoms with Gasteiger partial charge in [0.05, 0.1) is 5.92 Å². The Morgan fingerprint density at radius 3 is 2.47 bits per heavy atom. The lowest BCUT2D eigenvalue weighted by molar-refractivity contribution is -0.141. The van der Waals surface area contributed by atoms with Crippen LogP contribution < -0.4 is 11.1 Å². The summed E-state index contributed by atoms with van der Waals surface area (Å²) in [4.78, 5) is 33.6. The minimum Gasteiger partial charge on any atom is -0.481 e. The van der Waals surface area contributed by atoms with Crippen LogP contribution in [-0.4, -0.2) is 48.1 Å². The van der Waals surface area contributed by atoms with Crippen molar-refractivity contribution >= 4 is 17.9 Å². The molecular weight excluding hydrogens is 226 g/mol. The molecule has 4 N–H and O–H groups in total. The highest BCUT2D eigenvalue weighted by atomic mass is 16.4. The Kier molecular flexibility index (Phi) is 6.69. The molecule has 0 aromatic heterocycles. The van der Waals surface area contributed by atoms with Gasteiger partial charge in [0.15, 0.2) is 0 Å². The molecule has 98 valence electrons. The van der Waals surface area contributed by atoms with Crippen LogP contribution in [0, 0.1) is 5.92 Å². The van der Waals surface area contributed by atoms with Gasteiger partial charge in [0, 0.05) is 13.6 Å². The SMILES string of the molecule is CC(CCCNC(=O)N(C)CC(N)=O)C(=O)O. The van der Waals surface area contributed by atoms with E-state index in [9.17, 15) is 14.4 Å². The van der Waals surface area contributed by atoms with E-state index in [1.165, 1.54) is 11.9 Å². The number of primary amides is 1. The molecule has 0 saturated heterocycles. The summed E-state index contributed by atoms with van der Waals surface area (Å²) in [5, 5.41) is 11.2. The number of carboxylic acid groups (broad SMARTS) is 1. The maximum absolute atomic E-state index is 11.3. The van der Waals surface area contributed by atoms with Crippen molar-refractivity contribution in [1.82, 2.24) is 10.2 Å². The molecule has 0 aliphatic rings. The van der Waals surface area contributed by atoms with Crippen molar-refractivity contribution < 1.29 is 19.5 Å². The average Bonchev–Trinajstić information content (AvgIpc) is 2.22. The summed E-state index contributed by atoms with van der Waals surface area (Å²) in [6.07, 6.45) is 1.07. The normalized spacial score (nSPS) is 11.6. The predicted molar refractivity (Wildman–Crippen MR) is 61.3 cm³/mol. The molecule has 0 saturated carbocycles. The maximum Gasteiger partial charge on any atom is 0.317 e. The van der Waals surface area contributed by atoms with E-state index in [-0.39, 0.29) is 6.54 Å². The average molecular weight is 245 g/mol. The number of carbonyl (C=O) groups is 3. The Bertz CT molecular complexity index is 293. The summed E-state index contributed by atoms with van der Waals surface area (Å²) in [6, 6.07) is -0.397. The second kappa shape index (κ2) is 7.48. The van der Waals surface area contributed by atoms with Gasteiger partial charge in [0.25, 0.3) is 0 Å². The molecule has 0 bridgehead atoms. The first-order valence-electron chi connectivity index (χ1n) is 5.34. The van der Waals surface area contributed by atoms with Gasteiger partial charge in [-0.05, 0) is 12.8 Å². The maximum atomic E-state index is 11.3. The van der Waals surface area contributed by atoms with Crippen LogP contribution in [0.5, 0.6) is 0 Å².